The van der Waals surface area contributed by atoms with Gasteiger partial charge in [0, 0.05) is 19.6 Å². The third-order valence-electron chi connectivity index (χ3n) is 4.80. The molecule has 0 bridgehead atoms. The molecule has 0 saturated carbocycles. The van der Waals surface area contributed by atoms with Crippen molar-refractivity contribution in [3.8, 4) is 0 Å². The van der Waals surface area contributed by atoms with Crippen LogP contribution in [-0.2, 0) is 17.9 Å². The first-order valence-corrected chi connectivity index (χ1v) is 10.4. The highest BCUT2D eigenvalue weighted by Gasteiger charge is 2.21. The molecule has 1 aromatic carbocycles. The van der Waals surface area contributed by atoms with Crippen molar-refractivity contribution in [2.24, 2.45) is 5.92 Å². The zero-order valence-corrected chi connectivity index (χ0v) is 18.3. The lowest BCUT2D eigenvalue weighted by Gasteiger charge is -2.26. The van der Waals surface area contributed by atoms with Crippen LogP contribution in [0, 0.1) is 12.8 Å². The van der Waals surface area contributed by atoms with E-state index in [0.29, 0.717) is 19.6 Å². The summed E-state index contributed by atoms with van der Waals surface area (Å²) in [5.74, 6) is 0.0534. The predicted octanol–water partition coefficient (Wildman–Crippen LogP) is 2.01. The number of H-pyrrole nitrogens is 1. The Balaban J connectivity index is 2.24. The van der Waals surface area contributed by atoms with Crippen molar-refractivity contribution >= 4 is 17.4 Å². The fraction of sp³-hybridized carbons (Fsp3) is 0.500. The van der Waals surface area contributed by atoms with Crippen LogP contribution >= 0.6 is 0 Å². The molecule has 0 aliphatic rings. The van der Waals surface area contributed by atoms with Crippen LogP contribution in [0.2, 0.25) is 0 Å². The largest absolute Gasteiger partial charge is 0.383 e. The van der Waals surface area contributed by atoms with Crippen molar-refractivity contribution < 1.29 is 4.79 Å². The Morgan fingerprint density at radius 1 is 1.23 bits per heavy atom. The van der Waals surface area contributed by atoms with Gasteiger partial charge in [-0.1, -0.05) is 57.0 Å². The molecule has 0 atom stereocenters. The van der Waals surface area contributed by atoms with Crippen LogP contribution in [0.15, 0.2) is 33.9 Å². The lowest BCUT2D eigenvalue weighted by molar-refractivity contribution is -0.119. The van der Waals surface area contributed by atoms with Crippen molar-refractivity contribution in [2.75, 3.05) is 23.7 Å². The topological polar surface area (TPSA) is 113 Å². The molecule has 0 aliphatic heterocycles. The molecule has 0 saturated heterocycles. The van der Waals surface area contributed by atoms with E-state index in [1.807, 2.05) is 52.0 Å². The molecule has 1 aromatic heterocycles. The number of carbonyl (C=O) groups excluding carboxylic acids is 1. The Labute approximate surface area is 177 Å². The standard InChI is InChI=1S/C22H33N5O3/c1-5-6-11-26(14-18(28)24-12-17-9-7-16(4)8-10-17)19-20(23)27(13-15(2)3)22(30)25-21(19)29/h7-10,15H,5-6,11-14,23H2,1-4H3,(H,24,28)(H,25,29,30). The number of nitrogen functional groups attached to an aromatic ring is 1. The summed E-state index contributed by atoms with van der Waals surface area (Å²) in [6.45, 7) is 9.22. The summed E-state index contributed by atoms with van der Waals surface area (Å²) in [6, 6.07) is 7.92. The normalized spacial score (nSPS) is 11.0. The van der Waals surface area contributed by atoms with Gasteiger partial charge in [0.05, 0.1) is 6.54 Å². The second-order valence-corrected chi connectivity index (χ2v) is 8.04. The summed E-state index contributed by atoms with van der Waals surface area (Å²) >= 11 is 0. The van der Waals surface area contributed by atoms with Gasteiger partial charge < -0.3 is 16.0 Å². The van der Waals surface area contributed by atoms with E-state index in [-0.39, 0.29) is 29.9 Å². The molecule has 2 rings (SSSR count). The molecule has 4 N–H and O–H groups in total. The molecule has 8 heteroatoms. The average molecular weight is 416 g/mol. The second kappa shape index (κ2) is 10.7. The van der Waals surface area contributed by atoms with Crippen molar-refractivity contribution in [1.29, 1.82) is 0 Å². The van der Waals surface area contributed by atoms with Crippen molar-refractivity contribution in [3.05, 3.63) is 56.2 Å². The number of hydrogen-bond acceptors (Lipinski definition) is 5. The van der Waals surface area contributed by atoms with Gasteiger partial charge in [0.25, 0.3) is 5.56 Å². The number of aromatic nitrogens is 2. The number of nitrogens with one attached hydrogen (secondary N) is 2. The van der Waals surface area contributed by atoms with Crippen LogP contribution < -0.4 is 27.2 Å². The van der Waals surface area contributed by atoms with E-state index >= 15 is 0 Å². The van der Waals surface area contributed by atoms with E-state index in [2.05, 4.69) is 10.3 Å². The molecular weight excluding hydrogens is 382 g/mol. The molecule has 8 nitrogen and oxygen atoms in total. The fourth-order valence-electron chi connectivity index (χ4n) is 3.18. The molecule has 1 heterocycles. The number of anilines is 2. The quantitative estimate of drug-likeness (QED) is 0.549. The summed E-state index contributed by atoms with van der Waals surface area (Å²) in [5.41, 5.74) is 7.45. The van der Waals surface area contributed by atoms with Crippen LogP contribution in [0.25, 0.3) is 0 Å². The highest BCUT2D eigenvalue weighted by molar-refractivity contribution is 5.82. The number of carbonyl (C=O) groups is 1. The molecule has 0 aliphatic carbocycles. The van der Waals surface area contributed by atoms with Gasteiger partial charge in [-0.15, -0.1) is 0 Å². The SMILES string of the molecule is CCCCN(CC(=O)NCc1ccc(C)cc1)c1c(N)n(CC(C)C)c(=O)[nH]c1=O. The summed E-state index contributed by atoms with van der Waals surface area (Å²) in [5, 5.41) is 2.89. The molecule has 164 valence electrons. The molecule has 0 spiro atoms. The van der Waals surface area contributed by atoms with Crippen LogP contribution in [-0.4, -0.2) is 28.5 Å². The average Bonchev–Trinajstić information content (AvgIpc) is 2.68. The maximum Gasteiger partial charge on any atom is 0.330 e. The highest BCUT2D eigenvalue weighted by Crippen LogP contribution is 2.18. The molecule has 0 radical (unpaired) electrons. The Morgan fingerprint density at radius 3 is 2.50 bits per heavy atom. The first kappa shape index (κ1) is 23.3. The van der Waals surface area contributed by atoms with E-state index in [4.69, 9.17) is 5.73 Å². The van der Waals surface area contributed by atoms with Crippen LogP contribution in [0.3, 0.4) is 0 Å². The number of nitrogens with two attached hydrogens (primary N) is 1. The van der Waals surface area contributed by atoms with Gasteiger partial charge in [-0.3, -0.25) is 19.1 Å². The maximum absolute atomic E-state index is 12.6. The lowest BCUT2D eigenvalue weighted by Crippen LogP contribution is -2.43. The van der Waals surface area contributed by atoms with Crippen molar-refractivity contribution in [1.82, 2.24) is 14.9 Å². The monoisotopic (exact) mass is 415 g/mol. The number of rotatable bonds is 10. The van der Waals surface area contributed by atoms with E-state index < -0.39 is 11.2 Å². The Morgan fingerprint density at radius 2 is 1.90 bits per heavy atom. The first-order chi connectivity index (χ1) is 14.2. The summed E-state index contributed by atoms with van der Waals surface area (Å²) in [6.07, 6.45) is 1.68. The molecule has 1 amide bonds. The van der Waals surface area contributed by atoms with E-state index in [9.17, 15) is 14.4 Å². The molecular formula is C22H33N5O3. The summed E-state index contributed by atoms with van der Waals surface area (Å²) in [4.78, 5) is 41.4. The zero-order chi connectivity index (χ0) is 22.3. The van der Waals surface area contributed by atoms with Gasteiger partial charge in [-0.25, -0.2) is 4.79 Å². The third kappa shape index (κ3) is 6.23. The minimum absolute atomic E-state index is 0.0149. The molecule has 30 heavy (non-hydrogen) atoms. The van der Waals surface area contributed by atoms with Gasteiger partial charge >= 0.3 is 5.69 Å². The zero-order valence-electron chi connectivity index (χ0n) is 18.3. The van der Waals surface area contributed by atoms with Crippen LogP contribution in [0.1, 0.15) is 44.7 Å². The van der Waals surface area contributed by atoms with E-state index in [1.54, 1.807) is 4.90 Å². The highest BCUT2D eigenvalue weighted by atomic mass is 16.2. The minimum atomic E-state index is -0.569. The van der Waals surface area contributed by atoms with E-state index in [0.717, 1.165) is 24.0 Å². The fourth-order valence-corrected chi connectivity index (χ4v) is 3.18. The first-order valence-electron chi connectivity index (χ1n) is 10.4. The Hall–Kier alpha value is -3.03. The molecule has 2 aromatic rings. The number of nitrogens with zero attached hydrogens (tertiary/aromatic N) is 2. The Kier molecular flexibility index (Phi) is 8.26. The second-order valence-electron chi connectivity index (χ2n) is 8.04. The number of amides is 1. The van der Waals surface area contributed by atoms with Gasteiger partial charge in [0.1, 0.15) is 11.5 Å². The smallest absolute Gasteiger partial charge is 0.330 e. The number of aryl methyl sites for hydroxylation is 1. The van der Waals surface area contributed by atoms with Gasteiger partial charge in [0.2, 0.25) is 5.91 Å². The van der Waals surface area contributed by atoms with Crippen molar-refractivity contribution in [2.45, 2.75) is 53.6 Å². The number of aromatic amines is 1. The predicted molar refractivity (Wildman–Crippen MR) is 121 cm³/mol. The minimum Gasteiger partial charge on any atom is -0.383 e. The van der Waals surface area contributed by atoms with Gasteiger partial charge in [-0.2, -0.15) is 0 Å². The number of benzene rings is 1. The Bertz CT molecular complexity index is 960. The lowest BCUT2D eigenvalue weighted by atomic mass is 10.1. The van der Waals surface area contributed by atoms with Crippen LogP contribution in [0.5, 0.6) is 0 Å². The molecule has 0 fully saturated rings. The molecule has 0 unspecified atom stereocenters. The number of hydrogen-bond donors (Lipinski definition) is 3. The van der Waals surface area contributed by atoms with E-state index in [1.165, 1.54) is 4.57 Å². The van der Waals surface area contributed by atoms with Gasteiger partial charge in [-0.05, 0) is 24.8 Å². The maximum atomic E-state index is 12.6. The van der Waals surface area contributed by atoms with Gasteiger partial charge in [0.15, 0.2) is 0 Å². The third-order valence-corrected chi connectivity index (χ3v) is 4.80. The number of unbranched alkanes of at least 4 members (excludes halogenated alkanes) is 1. The summed E-state index contributed by atoms with van der Waals surface area (Å²) in [7, 11) is 0. The van der Waals surface area contributed by atoms with Crippen LogP contribution in [0.4, 0.5) is 11.5 Å². The van der Waals surface area contributed by atoms with Crippen molar-refractivity contribution in [3.63, 3.8) is 0 Å². The summed E-state index contributed by atoms with van der Waals surface area (Å²) < 4.78 is 1.37.